The maximum Gasteiger partial charge on any atom is 0.417 e. The Balaban J connectivity index is 1.72. The van der Waals surface area contributed by atoms with Gasteiger partial charge in [-0.2, -0.15) is 18.4 Å². The molecule has 0 bridgehead atoms. The minimum absolute atomic E-state index is 0.0610. The van der Waals surface area contributed by atoms with E-state index in [1.807, 2.05) is 0 Å². The number of benzene rings is 1. The van der Waals surface area contributed by atoms with Gasteiger partial charge >= 0.3 is 6.18 Å². The number of hydrogen-bond acceptors (Lipinski definition) is 8. The summed E-state index contributed by atoms with van der Waals surface area (Å²) in [5.74, 6) is -1.41. The van der Waals surface area contributed by atoms with Crippen LogP contribution in [0.3, 0.4) is 0 Å². The van der Waals surface area contributed by atoms with E-state index < -0.39 is 35.2 Å². The number of rotatable bonds is 5. The molecule has 1 aromatic carbocycles. The van der Waals surface area contributed by atoms with E-state index in [0.717, 1.165) is 23.7 Å². The lowest BCUT2D eigenvalue weighted by Gasteiger charge is -2.12. The Bertz CT molecular complexity index is 1270. The van der Waals surface area contributed by atoms with E-state index in [9.17, 15) is 22.8 Å². The molecule has 0 radical (unpaired) electrons. The molecule has 4 N–H and O–H groups in total. The summed E-state index contributed by atoms with van der Waals surface area (Å²) in [5, 5.41) is 14.0. The van der Waals surface area contributed by atoms with Gasteiger partial charge in [0.2, 0.25) is 0 Å². The lowest BCUT2D eigenvalue weighted by atomic mass is 10.1. The number of carbonyl (C=O) groups excluding carboxylic acids is 2. The molecule has 0 aliphatic carbocycles. The van der Waals surface area contributed by atoms with Crippen LogP contribution < -0.4 is 16.4 Å². The SMILES string of the molecule is CC(NC(=O)c1ncnc(N)c1Cl)c1ncc(C(=O)Nc2ccc(C#N)c(C(F)(F)F)c2)s1. The lowest BCUT2D eigenvalue weighted by Crippen LogP contribution is -2.28. The number of hydrogen-bond donors (Lipinski definition) is 3. The first-order chi connectivity index (χ1) is 15.5. The van der Waals surface area contributed by atoms with Crippen LogP contribution in [0.5, 0.6) is 0 Å². The van der Waals surface area contributed by atoms with Crippen LogP contribution in [0.1, 0.15) is 49.3 Å². The summed E-state index contributed by atoms with van der Waals surface area (Å²) in [6, 6.07) is 3.65. The highest BCUT2D eigenvalue weighted by Crippen LogP contribution is 2.34. The van der Waals surface area contributed by atoms with Crippen molar-refractivity contribution in [2.75, 3.05) is 11.1 Å². The summed E-state index contributed by atoms with van der Waals surface area (Å²) in [7, 11) is 0. The summed E-state index contributed by atoms with van der Waals surface area (Å²) in [6.45, 7) is 1.60. The second-order valence-corrected chi connectivity index (χ2v) is 7.94. The second-order valence-electron chi connectivity index (χ2n) is 6.50. The lowest BCUT2D eigenvalue weighted by molar-refractivity contribution is -0.137. The van der Waals surface area contributed by atoms with Crippen molar-refractivity contribution in [3.63, 3.8) is 0 Å². The van der Waals surface area contributed by atoms with Crippen LogP contribution in [0, 0.1) is 11.3 Å². The Hall–Kier alpha value is -3.76. The third-order valence-corrected chi connectivity index (χ3v) is 5.75. The number of nitrogen functional groups attached to an aromatic ring is 1. The fourth-order valence-corrected chi connectivity index (χ4v) is 3.61. The molecule has 2 heterocycles. The molecule has 1 atom stereocenters. The van der Waals surface area contributed by atoms with Crippen molar-refractivity contribution >= 4 is 46.3 Å². The monoisotopic (exact) mass is 495 g/mol. The Morgan fingerprint density at radius 2 is 1.97 bits per heavy atom. The zero-order chi connectivity index (χ0) is 24.3. The van der Waals surface area contributed by atoms with E-state index in [-0.39, 0.29) is 27.1 Å². The van der Waals surface area contributed by atoms with Crippen molar-refractivity contribution in [2.45, 2.75) is 19.1 Å². The Labute approximate surface area is 193 Å². The number of halogens is 4. The fraction of sp³-hybridized carbons (Fsp3) is 0.158. The zero-order valence-corrected chi connectivity index (χ0v) is 18.1. The standard InChI is InChI=1S/C19H13ClF3N7O2S/c1-8(29-17(32)14-13(20)15(25)28-7-27-14)18-26-6-12(33-18)16(31)30-10-3-2-9(5-24)11(4-10)19(21,22)23/h2-4,6-8H,1H3,(H,29,32)(H,30,31)(H2,25,27,28). The molecular weight excluding hydrogens is 483 g/mol. The van der Waals surface area contributed by atoms with Crippen LogP contribution in [0.25, 0.3) is 0 Å². The van der Waals surface area contributed by atoms with Gasteiger partial charge < -0.3 is 16.4 Å². The van der Waals surface area contributed by atoms with Gasteiger partial charge in [-0.25, -0.2) is 15.0 Å². The maximum absolute atomic E-state index is 13.1. The number of aromatic nitrogens is 3. The molecule has 9 nitrogen and oxygen atoms in total. The number of anilines is 2. The largest absolute Gasteiger partial charge is 0.417 e. The van der Waals surface area contributed by atoms with E-state index >= 15 is 0 Å². The normalized spacial score (nSPS) is 12.0. The predicted molar refractivity (Wildman–Crippen MR) is 114 cm³/mol. The summed E-state index contributed by atoms with van der Waals surface area (Å²) >= 11 is 6.86. The number of amides is 2. The van der Waals surface area contributed by atoms with Gasteiger partial charge in [-0.1, -0.05) is 11.6 Å². The number of nitriles is 1. The second kappa shape index (κ2) is 9.39. The molecule has 0 aliphatic rings. The quantitative estimate of drug-likeness (QED) is 0.487. The van der Waals surface area contributed by atoms with Gasteiger partial charge in [-0.05, 0) is 25.1 Å². The van der Waals surface area contributed by atoms with Crippen LogP contribution in [0.2, 0.25) is 5.02 Å². The van der Waals surface area contributed by atoms with Crippen LogP contribution >= 0.6 is 22.9 Å². The van der Waals surface area contributed by atoms with Crippen molar-refractivity contribution < 1.29 is 22.8 Å². The molecule has 1 unspecified atom stereocenters. The molecule has 170 valence electrons. The van der Waals surface area contributed by atoms with Crippen LogP contribution in [0.4, 0.5) is 24.7 Å². The molecule has 2 aromatic heterocycles. The molecule has 2 amide bonds. The Kier molecular flexibility index (Phi) is 6.80. The maximum atomic E-state index is 13.1. The first-order valence-electron chi connectivity index (χ1n) is 8.96. The van der Waals surface area contributed by atoms with E-state index in [1.54, 1.807) is 6.92 Å². The molecule has 33 heavy (non-hydrogen) atoms. The van der Waals surface area contributed by atoms with Gasteiger partial charge in [0, 0.05) is 5.69 Å². The van der Waals surface area contributed by atoms with Gasteiger partial charge in [0.25, 0.3) is 11.8 Å². The molecule has 3 aromatic rings. The number of carbonyl (C=O) groups is 2. The van der Waals surface area contributed by atoms with Gasteiger partial charge in [-0.15, -0.1) is 11.3 Å². The fourth-order valence-electron chi connectivity index (χ4n) is 2.61. The minimum Gasteiger partial charge on any atom is -0.382 e. The van der Waals surface area contributed by atoms with Crippen LogP contribution in [-0.2, 0) is 6.18 Å². The highest BCUT2D eigenvalue weighted by Gasteiger charge is 2.34. The molecule has 0 spiro atoms. The molecule has 0 aliphatic heterocycles. The first kappa shape index (κ1) is 23.9. The molecular formula is C19H13ClF3N7O2S. The average molecular weight is 496 g/mol. The van der Waals surface area contributed by atoms with Gasteiger partial charge in [0.1, 0.15) is 27.1 Å². The van der Waals surface area contributed by atoms with Crippen LogP contribution in [-0.4, -0.2) is 26.8 Å². The van der Waals surface area contributed by atoms with Crippen molar-refractivity contribution in [1.82, 2.24) is 20.3 Å². The number of nitrogens with one attached hydrogen (secondary N) is 2. The number of alkyl halides is 3. The van der Waals surface area contributed by atoms with E-state index in [2.05, 4.69) is 25.6 Å². The van der Waals surface area contributed by atoms with Crippen LogP contribution in [0.15, 0.2) is 30.7 Å². The topological polar surface area (TPSA) is 147 Å². The van der Waals surface area contributed by atoms with E-state index in [0.29, 0.717) is 11.1 Å². The smallest absolute Gasteiger partial charge is 0.382 e. The van der Waals surface area contributed by atoms with Crippen molar-refractivity contribution in [1.29, 1.82) is 5.26 Å². The minimum atomic E-state index is -4.76. The van der Waals surface area contributed by atoms with Crippen molar-refractivity contribution in [2.24, 2.45) is 0 Å². The van der Waals surface area contributed by atoms with E-state index in [1.165, 1.54) is 18.3 Å². The molecule has 0 saturated heterocycles. The summed E-state index contributed by atoms with van der Waals surface area (Å²) in [5.41, 5.74) is 3.56. The summed E-state index contributed by atoms with van der Waals surface area (Å²) in [6.07, 6.45) is -2.45. The molecule has 14 heteroatoms. The third kappa shape index (κ3) is 5.36. The highest BCUT2D eigenvalue weighted by molar-refractivity contribution is 7.13. The zero-order valence-electron chi connectivity index (χ0n) is 16.6. The Morgan fingerprint density at radius 3 is 2.64 bits per heavy atom. The number of nitrogens with two attached hydrogens (primary N) is 1. The summed E-state index contributed by atoms with van der Waals surface area (Å²) < 4.78 is 39.3. The van der Waals surface area contributed by atoms with Gasteiger partial charge in [0.15, 0.2) is 5.69 Å². The molecule has 0 fully saturated rings. The van der Waals surface area contributed by atoms with E-state index in [4.69, 9.17) is 22.6 Å². The number of nitrogens with zero attached hydrogens (tertiary/aromatic N) is 4. The molecule has 0 saturated carbocycles. The third-order valence-electron chi connectivity index (χ3n) is 4.20. The Morgan fingerprint density at radius 1 is 1.24 bits per heavy atom. The summed E-state index contributed by atoms with van der Waals surface area (Å²) in [4.78, 5) is 36.5. The van der Waals surface area contributed by atoms with Gasteiger partial charge in [0.05, 0.1) is 29.4 Å². The molecule has 3 rings (SSSR count). The first-order valence-corrected chi connectivity index (χ1v) is 10.2. The van der Waals surface area contributed by atoms with Gasteiger partial charge in [-0.3, -0.25) is 9.59 Å². The number of thiazole rings is 1. The highest BCUT2D eigenvalue weighted by atomic mass is 35.5. The predicted octanol–water partition coefficient (Wildman–Crippen LogP) is 3.80. The van der Waals surface area contributed by atoms with Crippen molar-refractivity contribution in [3.05, 3.63) is 62.5 Å². The van der Waals surface area contributed by atoms with Crippen molar-refractivity contribution in [3.8, 4) is 6.07 Å². The average Bonchev–Trinajstić information content (AvgIpc) is 3.25.